The van der Waals surface area contributed by atoms with Crippen molar-refractivity contribution < 1.29 is 19.1 Å². The van der Waals surface area contributed by atoms with Gasteiger partial charge in [0.15, 0.2) is 6.10 Å². The molecule has 0 unspecified atom stereocenters. The van der Waals surface area contributed by atoms with Crippen LogP contribution in [0.4, 0.5) is 21.1 Å². The predicted molar refractivity (Wildman–Crippen MR) is 181 cm³/mol. The molecule has 47 heavy (non-hydrogen) atoms. The van der Waals surface area contributed by atoms with Crippen LogP contribution in [0.2, 0.25) is 0 Å². The summed E-state index contributed by atoms with van der Waals surface area (Å²) in [6, 6.07) is 10.2. The molecule has 1 aromatic heterocycles. The summed E-state index contributed by atoms with van der Waals surface area (Å²) in [4.78, 5) is 55.3. The van der Waals surface area contributed by atoms with Gasteiger partial charge in [-0.2, -0.15) is 0 Å². The zero-order valence-corrected chi connectivity index (χ0v) is 27.9. The Labute approximate surface area is 278 Å². The third-order valence-corrected chi connectivity index (χ3v) is 10.5. The molecule has 3 fully saturated rings. The molecule has 4 aliphatic rings. The van der Waals surface area contributed by atoms with Crippen molar-refractivity contribution >= 4 is 29.5 Å². The van der Waals surface area contributed by atoms with Crippen molar-refractivity contribution in [1.82, 2.24) is 29.5 Å². The number of nitrogens with one attached hydrogen (secondary N) is 1. The van der Waals surface area contributed by atoms with E-state index in [1.165, 1.54) is 6.42 Å². The maximum Gasteiger partial charge on any atom is 0.410 e. The summed E-state index contributed by atoms with van der Waals surface area (Å²) in [6.45, 7) is 9.09. The third kappa shape index (κ3) is 7.98. The molecule has 0 bridgehead atoms. The van der Waals surface area contributed by atoms with Gasteiger partial charge in [-0.3, -0.25) is 9.69 Å². The number of carbonyl (C=O) groups excluding carboxylic acids is 3. The van der Waals surface area contributed by atoms with Crippen molar-refractivity contribution in [2.75, 3.05) is 77.0 Å². The number of ether oxygens (including phenoxy) is 1. The molecule has 3 N–H and O–H groups in total. The number of amides is 4. The molecular formula is C35H50N8O4. The van der Waals surface area contributed by atoms with E-state index >= 15 is 0 Å². The molecule has 12 nitrogen and oxygen atoms in total. The predicted octanol–water partition coefficient (Wildman–Crippen LogP) is 3.20. The second-order valence-electron chi connectivity index (χ2n) is 13.6. The summed E-state index contributed by atoms with van der Waals surface area (Å²) >= 11 is 0. The number of likely N-dealkylation sites (N-methyl/N-ethyl adjacent to an activating group) is 1. The number of urea groups is 1. The number of anilines is 2. The number of rotatable bonds is 6. The number of hydrogen-bond donors (Lipinski definition) is 2. The van der Waals surface area contributed by atoms with Crippen molar-refractivity contribution in [3.63, 3.8) is 0 Å². The highest BCUT2D eigenvalue weighted by Crippen LogP contribution is 2.26. The molecule has 12 heteroatoms. The monoisotopic (exact) mass is 646 g/mol. The topological polar surface area (TPSA) is 128 Å². The highest BCUT2D eigenvalue weighted by molar-refractivity contribution is 5.91. The Kier molecular flexibility index (Phi) is 10.5. The van der Waals surface area contributed by atoms with Gasteiger partial charge in [-0.1, -0.05) is 24.3 Å². The van der Waals surface area contributed by atoms with Crippen LogP contribution in [-0.4, -0.2) is 132 Å². The molecule has 4 aliphatic heterocycles. The smallest absolute Gasteiger partial charge is 0.410 e. The summed E-state index contributed by atoms with van der Waals surface area (Å²) in [5.41, 5.74) is 9.58. The Balaban J connectivity index is 1.07. The molecular weight excluding hydrogens is 596 g/mol. The number of aromatic nitrogens is 1. The molecule has 5 heterocycles. The number of aryl methyl sites for hydroxylation is 1. The number of carbonyl (C=O) groups is 3. The minimum atomic E-state index is -0.955. The summed E-state index contributed by atoms with van der Waals surface area (Å²) < 4.78 is 6.04. The third-order valence-electron chi connectivity index (χ3n) is 10.5. The number of nitrogens with zero attached hydrogens (tertiary/aromatic N) is 6. The Bertz CT molecular complexity index is 1420. The first-order chi connectivity index (χ1) is 22.7. The zero-order valence-electron chi connectivity index (χ0n) is 27.9. The average molecular weight is 647 g/mol. The average Bonchev–Trinajstić information content (AvgIpc) is 3.40. The van der Waals surface area contributed by atoms with Crippen molar-refractivity contribution in [2.45, 2.75) is 70.1 Å². The highest BCUT2D eigenvalue weighted by Gasteiger charge is 2.36. The maximum absolute atomic E-state index is 14.0. The van der Waals surface area contributed by atoms with Crippen LogP contribution in [0.5, 0.6) is 0 Å². The van der Waals surface area contributed by atoms with Gasteiger partial charge in [-0.25, -0.2) is 14.6 Å². The molecule has 0 saturated carbocycles. The van der Waals surface area contributed by atoms with E-state index in [9.17, 15) is 14.4 Å². The Morgan fingerprint density at radius 2 is 1.68 bits per heavy atom. The second kappa shape index (κ2) is 14.9. The SMILES string of the molecule is Cc1cc(C[C@@H](OC(=O)N2CCC(N3CCc4ccccc4NC3=O)CC2)C(=O)N2CCC(N3CCCN(C)CC3)CC2)cnc1N. The Morgan fingerprint density at radius 1 is 0.957 bits per heavy atom. The zero-order chi connectivity index (χ0) is 32.9. The lowest BCUT2D eigenvalue weighted by molar-refractivity contribution is -0.142. The number of pyridine rings is 1. The van der Waals surface area contributed by atoms with Crippen LogP contribution in [0.25, 0.3) is 0 Å². The molecule has 254 valence electrons. The van der Waals surface area contributed by atoms with Crippen LogP contribution in [0.1, 0.15) is 48.8 Å². The molecule has 2 aromatic rings. The molecule has 6 rings (SSSR count). The van der Waals surface area contributed by atoms with Crippen LogP contribution >= 0.6 is 0 Å². The number of para-hydroxylation sites is 1. The number of hydrogen-bond acceptors (Lipinski definition) is 8. The molecule has 1 aromatic carbocycles. The van der Waals surface area contributed by atoms with E-state index in [2.05, 4.69) is 27.1 Å². The van der Waals surface area contributed by atoms with Gasteiger partial charge in [-0.15, -0.1) is 0 Å². The largest absolute Gasteiger partial charge is 0.436 e. The number of nitrogens with two attached hydrogens (primary N) is 1. The van der Waals surface area contributed by atoms with E-state index < -0.39 is 12.2 Å². The normalized spacial score (nSPS) is 21.4. The lowest BCUT2D eigenvalue weighted by Gasteiger charge is -2.40. The molecule has 0 radical (unpaired) electrons. The van der Waals surface area contributed by atoms with E-state index in [1.807, 2.05) is 47.1 Å². The van der Waals surface area contributed by atoms with Gasteiger partial charge in [-0.05, 0) is 88.3 Å². The second-order valence-corrected chi connectivity index (χ2v) is 13.6. The fraction of sp³-hybridized carbons (Fsp3) is 0.600. The van der Waals surface area contributed by atoms with E-state index in [4.69, 9.17) is 10.5 Å². The molecule has 4 amide bonds. The number of likely N-dealkylation sites (tertiary alicyclic amines) is 2. The van der Waals surface area contributed by atoms with Crippen molar-refractivity contribution in [3.05, 3.63) is 53.2 Å². The maximum atomic E-state index is 14.0. The van der Waals surface area contributed by atoms with Gasteiger partial charge >= 0.3 is 12.1 Å². The van der Waals surface area contributed by atoms with Gasteiger partial charge < -0.3 is 35.4 Å². The van der Waals surface area contributed by atoms with E-state index in [-0.39, 0.29) is 24.4 Å². The molecule has 3 saturated heterocycles. The summed E-state index contributed by atoms with van der Waals surface area (Å²) in [5.74, 6) is 0.290. The van der Waals surface area contributed by atoms with Gasteiger partial charge in [0.1, 0.15) is 5.82 Å². The van der Waals surface area contributed by atoms with E-state index in [0.29, 0.717) is 57.4 Å². The highest BCUT2D eigenvalue weighted by atomic mass is 16.6. The fourth-order valence-corrected chi connectivity index (χ4v) is 7.53. The van der Waals surface area contributed by atoms with Gasteiger partial charge in [0.25, 0.3) is 5.91 Å². The van der Waals surface area contributed by atoms with Crippen LogP contribution in [0.3, 0.4) is 0 Å². The lowest BCUT2D eigenvalue weighted by Crippen LogP contribution is -2.53. The quantitative estimate of drug-likeness (QED) is 0.490. The first-order valence-corrected chi connectivity index (χ1v) is 17.3. The van der Waals surface area contributed by atoms with Crippen LogP contribution in [0, 0.1) is 6.92 Å². The number of piperidine rings is 2. The molecule has 1 atom stereocenters. The Morgan fingerprint density at radius 3 is 2.45 bits per heavy atom. The van der Waals surface area contributed by atoms with Crippen molar-refractivity contribution in [3.8, 4) is 0 Å². The van der Waals surface area contributed by atoms with Gasteiger partial charge in [0, 0.05) is 76.2 Å². The number of fused-ring (bicyclic) bond motifs is 1. The first-order valence-electron chi connectivity index (χ1n) is 17.3. The number of benzene rings is 1. The minimum Gasteiger partial charge on any atom is -0.436 e. The van der Waals surface area contributed by atoms with Crippen molar-refractivity contribution in [2.24, 2.45) is 0 Å². The molecule has 0 aliphatic carbocycles. The Hall–Kier alpha value is -3.90. The van der Waals surface area contributed by atoms with Crippen LogP contribution < -0.4 is 11.1 Å². The minimum absolute atomic E-state index is 0.0283. The fourth-order valence-electron chi connectivity index (χ4n) is 7.53. The van der Waals surface area contributed by atoms with Crippen LogP contribution in [-0.2, 0) is 22.4 Å². The summed E-state index contributed by atoms with van der Waals surface area (Å²) in [5, 5.41) is 3.05. The standard InChI is InChI=1S/C35H50N8O4/c1-25-22-26(24-37-32(25)36)23-31(33(44)41-15-9-28(10-16-41)40-14-5-13-39(2)20-21-40)47-35(46)42-17-11-29(12-18-42)43-19-8-27-6-3-4-7-30(27)38-34(43)45/h3-4,6-7,22,24,28-29,31H,5,8-21,23H2,1-2H3,(H2,36,37)(H,38,45)/t31-/m1/s1. The van der Waals surface area contributed by atoms with Crippen LogP contribution in [0.15, 0.2) is 36.5 Å². The summed E-state index contributed by atoms with van der Waals surface area (Å²) in [6.07, 6.45) is 5.55. The van der Waals surface area contributed by atoms with E-state index in [0.717, 1.165) is 67.8 Å². The van der Waals surface area contributed by atoms with Gasteiger partial charge in [0.2, 0.25) is 0 Å². The number of nitrogen functional groups attached to an aromatic ring is 1. The first kappa shape index (κ1) is 33.0. The molecule has 0 spiro atoms. The van der Waals surface area contributed by atoms with Gasteiger partial charge in [0.05, 0.1) is 0 Å². The lowest BCUT2D eigenvalue weighted by atomic mass is 10.0. The van der Waals surface area contributed by atoms with Crippen molar-refractivity contribution in [1.29, 1.82) is 0 Å². The van der Waals surface area contributed by atoms with E-state index in [1.54, 1.807) is 11.1 Å². The summed E-state index contributed by atoms with van der Waals surface area (Å²) in [7, 11) is 2.18.